The van der Waals surface area contributed by atoms with Gasteiger partial charge in [0.05, 0.1) is 5.57 Å². The van der Waals surface area contributed by atoms with Crippen LogP contribution in [0.15, 0.2) is 85.3 Å². The third kappa shape index (κ3) is 3.94. The summed E-state index contributed by atoms with van der Waals surface area (Å²) in [6.07, 6.45) is 0.398. The number of amides is 1. The van der Waals surface area contributed by atoms with Gasteiger partial charge in [-0.2, -0.15) is 0 Å². The Morgan fingerprint density at radius 2 is 1.85 bits per heavy atom. The molecule has 1 unspecified atom stereocenters. The fraction of sp³-hybridized carbons (Fsp3) is 0.154. The smallest absolute Gasteiger partial charge is 0.290 e. The number of ketones is 1. The molecule has 0 radical (unpaired) electrons. The molecule has 3 heterocycles. The predicted octanol–water partition coefficient (Wildman–Crippen LogP) is 6.06. The molecule has 1 atom stereocenters. The number of fused-ring (bicyclic) bond motifs is 1. The average Bonchev–Trinajstić information content (AvgIpc) is 3.49. The molecule has 34 heavy (non-hydrogen) atoms. The summed E-state index contributed by atoms with van der Waals surface area (Å²) in [5.41, 5.74) is 1.22. The number of Topliss-reactive ketones (excluding diaryl/α,β-unsaturated/α-hetero) is 1. The third-order valence-corrected chi connectivity index (χ3v) is 6.33. The molecular formula is C26H19BrFNO5. The second kappa shape index (κ2) is 8.61. The largest absolute Gasteiger partial charge is 0.503 e. The van der Waals surface area contributed by atoms with Crippen molar-refractivity contribution in [1.82, 2.24) is 4.90 Å². The number of furan rings is 2. The molecular weight excluding hydrogens is 505 g/mol. The Morgan fingerprint density at radius 3 is 2.56 bits per heavy atom. The summed E-state index contributed by atoms with van der Waals surface area (Å²) in [5, 5.41) is 11.5. The first-order valence-corrected chi connectivity index (χ1v) is 11.4. The van der Waals surface area contributed by atoms with Gasteiger partial charge in [0, 0.05) is 16.4 Å². The maximum Gasteiger partial charge on any atom is 0.290 e. The van der Waals surface area contributed by atoms with Crippen molar-refractivity contribution < 1.29 is 27.9 Å². The van der Waals surface area contributed by atoms with Crippen LogP contribution in [0, 0.1) is 12.7 Å². The number of benzene rings is 2. The minimum atomic E-state index is -0.922. The normalized spacial score (nSPS) is 16.1. The highest BCUT2D eigenvalue weighted by atomic mass is 79.9. The maximum absolute atomic E-state index is 13.5. The Hall–Kier alpha value is -3.65. The van der Waals surface area contributed by atoms with Gasteiger partial charge < -0.3 is 18.8 Å². The van der Waals surface area contributed by atoms with Crippen molar-refractivity contribution in [1.29, 1.82) is 0 Å². The number of hydrogen-bond donors (Lipinski definition) is 1. The van der Waals surface area contributed by atoms with Crippen LogP contribution in [-0.2, 0) is 11.2 Å². The van der Waals surface area contributed by atoms with Crippen LogP contribution in [0.3, 0.4) is 0 Å². The molecule has 0 saturated heterocycles. The summed E-state index contributed by atoms with van der Waals surface area (Å²) in [6, 6.07) is 15.4. The van der Waals surface area contributed by atoms with Crippen molar-refractivity contribution in [3.63, 3.8) is 0 Å². The lowest BCUT2D eigenvalue weighted by Gasteiger charge is -2.24. The molecule has 1 N–H and O–H groups in total. The van der Waals surface area contributed by atoms with Crippen LogP contribution in [0.1, 0.15) is 33.7 Å². The van der Waals surface area contributed by atoms with Gasteiger partial charge in [0.2, 0.25) is 5.78 Å². The van der Waals surface area contributed by atoms with Gasteiger partial charge in [0.1, 0.15) is 29.0 Å². The van der Waals surface area contributed by atoms with Crippen LogP contribution in [0.25, 0.3) is 11.0 Å². The number of halogens is 2. The Bertz CT molecular complexity index is 1450. The molecule has 1 aliphatic heterocycles. The molecule has 0 aliphatic carbocycles. The van der Waals surface area contributed by atoms with E-state index in [1.807, 2.05) is 6.07 Å². The van der Waals surface area contributed by atoms with Crippen LogP contribution in [-0.4, -0.2) is 28.2 Å². The van der Waals surface area contributed by atoms with Crippen molar-refractivity contribution in [3.8, 4) is 0 Å². The number of rotatable bonds is 6. The van der Waals surface area contributed by atoms with Gasteiger partial charge in [-0.25, -0.2) is 4.39 Å². The van der Waals surface area contributed by atoms with Crippen molar-refractivity contribution >= 4 is 38.6 Å². The summed E-state index contributed by atoms with van der Waals surface area (Å²) in [7, 11) is 0. The molecule has 6 nitrogen and oxygen atoms in total. The Balaban J connectivity index is 1.51. The zero-order valence-electron chi connectivity index (χ0n) is 18.0. The van der Waals surface area contributed by atoms with E-state index in [0.29, 0.717) is 28.9 Å². The van der Waals surface area contributed by atoms with Gasteiger partial charge in [-0.05, 0) is 67.4 Å². The summed E-state index contributed by atoms with van der Waals surface area (Å²) >= 11 is 3.39. The fourth-order valence-electron chi connectivity index (χ4n) is 4.17. The molecule has 8 heteroatoms. The van der Waals surface area contributed by atoms with E-state index in [2.05, 4.69) is 15.9 Å². The molecule has 0 spiro atoms. The van der Waals surface area contributed by atoms with Gasteiger partial charge in [0.25, 0.3) is 5.91 Å². The van der Waals surface area contributed by atoms with E-state index >= 15 is 0 Å². The minimum absolute atomic E-state index is 0.0103. The van der Waals surface area contributed by atoms with Gasteiger partial charge in [-0.3, -0.25) is 9.59 Å². The van der Waals surface area contributed by atoms with Crippen LogP contribution < -0.4 is 0 Å². The van der Waals surface area contributed by atoms with Gasteiger partial charge >= 0.3 is 0 Å². The number of carbonyl (C=O) groups excluding carboxylic acids is 2. The monoisotopic (exact) mass is 523 g/mol. The molecule has 172 valence electrons. The molecule has 1 amide bonds. The average molecular weight is 524 g/mol. The molecule has 4 aromatic rings. The topological polar surface area (TPSA) is 83.9 Å². The van der Waals surface area contributed by atoms with E-state index < -0.39 is 23.5 Å². The first kappa shape index (κ1) is 22.2. The summed E-state index contributed by atoms with van der Waals surface area (Å²) < 4.78 is 25.6. The van der Waals surface area contributed by atoms with E-state index in [4.69, 9.17) is 8.83 Å². The fourth-order valence-corrected chi connectivity index (χ4v) is 4.55. The van der Waals surface area contributed by atoms with Crippen LogP contribution in [0.2, 0.25) is 0 Å². The second-order valence-corrected chi connectivity index (χ2v) is 9.03. The quantitative estimate of drug-likeness (QED) is 0.310. The Morgan fingerprint density at radius 1 is 1.09 bits per heavy atom. The number of aliphatic hydroxyl groups is 1. The highest BCUT2D eigenvalue weighted by Gasteiger charge is 2.45. The second-order valence-electron chi connectivity index (χ2n) is 8.11. The van der Waals surface area contributed by atoms with Crippen LogP contribution in [0.4, 0.5) is 4.39 Å². The molecule has 0 saturated carbocycles. The standard InChI is InChI=1S/C26H19BrFNO5/c1-14-2-8-20(33-14)23-22(24(30)21-13-16-12-17(27)5-9-19(16)34-21)25(31)26(32)29(23)11-10-15-3-6-18(28)7-4-15/h2-9,12-13,23,31H,10-11H2,1H3. The molecule has 1 aliphatic rings. The highest BCUT2D eigenvalue weighted by Crippen LogP contribution is 2.40. The van der Waals surface area contributed by atoms with Crippen molar-refractivity contribution in [2.45, 2.75) is 19.4 Å². The van der Waals surface area contributed by atoms with E-state index in [1.54, 1.807) is 49.4 Å². The number of carbonyl (C=O) groups is 2. The lowest BCUT2D eigenvalue weighted by Crippen LogP contribution is -2.32. The zero-order valence-corrected chi connectivity index (χ0v) is 19.6. The third-order valence-electron chi connectivity index (χ3n) is 5.84. The minimum Gasteiger partial charge on any atom is -0.503 e. The molecule has 0 fully saturated rings. The first-order chi connectivity index (χ1) is 16.3. The SMILES string of the molecule is Cc1ccc(C2C(C(=O)c3cc4cc(Br)ccc4o3)=C(O)C(=O)N2CCc2ccc(F)cc2)o1. The number of aliphatic hydroxyl groups excluding tert-OH is 1. The van der Waals surface area contributed by atoms with Crippen molar-refractivity contribution in [3.05, 3.63) is 105 Å². The van der Waals surface area contributed by atoms with E-state index in [9.17, 15) is 19.1 Å². The van der Waals surface area contributed by atoms with E-state index in [0.717, 1.165) is 10.0 Å². The van der Waals surface area contributed by atoms with Gasteiger partial charge in [0.15, 0.2) is 11.5 Å². The van der Waals surface area contributed by atoms with Crippen molar-refractivity contribution in [2.24, 2.45) is 0 Å². The number of hydrogen-bond acceptors (Lipinski definition) is 5. The van der Waals surface area contributed by atoms with Gasteiger partial charge in [-0.15, -0.1) is 0 Å². The summed E-state index contributed by atoms with van der Waals surface area (Å²) in [4.78, 5) is 28.0. The summed E-state index contributed by atoms with van der Waals surface area (Å²) in [6.45, 7) is 1.94. The predicted molar refractivity (Wildman–Crippen MR) is 126 cm³/mol. The molecule has 0 bridgehead atoms. The van der Waals surface area contributed by atoms with E-state index in [1.165, 1.54) is 17.0 Å². The highest BCUT2D eigenvalue weighted by molar-refractivity contribution is 9.10. The number of nitrogens with zero attached hydrogens (tertiary/aromatic N) is 1. The molecule has 2 aromatic carbocycles. The lowest BCUT2D eigenvalue weighted by atomic mass is 9.99. The molecule has 2 aromatic heterocycles. The Labute approximate surface area is 202 Å². The van der Waals surface area contributed by atoms with Crippen molar-refractivity contribution in [2.75, 3.05) is 6.54 Å². The van der Waals surface area contributed by atoms with Crippen LogP contribution >= 0.6 is 15.9 Å². The lowest BCUT2D eigenvalue weighted by molar-refractivity contribution is -0.129. The Kier molecular flexibility index (Phi) is 5.61. The van der Waals surface area contributed by atoms with E-state index in [-0.39, 0.29) is 23.7 Å². The number of aryl methyl sites for hydroxylation is 1. The molecule has 5 rings (SSSR count). The summed E-state index contributed by atoms with van der Waals surface area (Å²) in [5.74, 6) is -1.29. The van der Waals surface area contributed by atoms with Gasteiger partial charge in [-0.1, -0.05) is 28.1 Å². The van der Waals surface area contributed by atoms with Crippen LogP contribution in [0.5, 0.6) is 0 Å². The zero-order chi connectivity index (χ0) is 24.0. The first-order valence-electron chi connectivity index (χ1n) is 10.6. The maximum atomic E-state index is 13.5.